The molecule has 0 unspecified atom stereocenters. The number of amides is 1. The summed E-state index contributed by atoms with van der Waals surface area (Å²) in [6, 6.07) is 4.75. The highest BCUT2D eigenvalue weighted by Crippen LogP contribution is 2.17. The number of carbonyl (C=O) groups excluding carboxylic acids is 1. The zero-order valence-electron chi connectivity index (χ0n) is 14.3. The summed E-state index contributed by atoms with van der Waals surface area (Å²) in [5.41, 5.74) is 2.92. The van der Waals surface area contributed by atoms with E-state index < -0.39 is 10.0 Å². The van der Waals surface area contributed by atoms with Gasteiger partial charge < -0.3 is 10.3 Å². The number of nitrogens with one attached hydrogen (secondary N) is 2. The van der Waals surface area contributed by atoms with Gasteiger partial charge in [-0.1, -0.05) is 6.92 Å². The van der Waals surface area contributed by atoms with Crippen LogP contribution in [-0.2, 0) is 14.8 Å². The van der Waals surface area contributed by atoms with Crippen LogP contribution in [0, 0.1) is 11.3 Å². The molecule has 0 saturated carbocycles. The maximum atomic E-state index is 12.3. The van der Waals surface area contributed by atoms with Crippen LogP contribution in [0.5, 0.6) is 0 Å². The molecule has 0 bridgehead atoms. The Labute approximate surface area is 147 Å². The topological polar surface area (TPSA) is 118 Å². The Kier molecular flexibility index (Phi) is 6.30. The van der Waals surface area contributed by atoms with Crippen molar-refractivity contribution in [2.24, 2.45) is 0 Å². The minimum atomic E-state index is -3.54. The number of pyridine rings is 1. The van der Waals surface area contributed by atoms with Gasteiger partial charge in [0.2, 0.25) is 15.9 Å². The lowest BCUT2D eigenvalue weighted by molar-refractivity contribution is -0.131. The summed E-state index contributed by atoms with van der Waals surface area (Å²) in [6.45, 7) is 2.68. The molecular formula is C15H22N6O3S. The van der Waals surface area contributed by atoms with E-state index in [1.165, 1.54) is 18.3 Å². The van der Waals surface area contributed by atoms with Gasteiger partial charge in [-0.2, -0.15) is 5.26 Å². The number of hydrogen-bond acceptors (Lipinski definition) is 7. The Morgan fingerprint density at radius 3 is 2.88 bits per heavy atom. The van der Waals surface area contributed by atoms with E-state index in [0.717, 1.165) is 6.42 Å². The van der Waals surface area contributed by atoms with Gasteiger partial charge in [0.1, 0.15) is 16.8 Å². The van der Waals surface area contributed by atoms with Gasteiger partial charge >= 0.3 is 0 Å². The Bertz CT molecular complexity index is 744. The molecule has 10 heteroatoms. The molecule has 0 radical (unpaired) electrons. The van der Waals surface area contributed by atoms with E-state index in [-0.39, 0.29) is 23.4 Å². The molecule has 0 aromatic carbocycles. The summed E-state index contributed by atoms with van der Waals surface area (Å²) in [6.07, 6.45) is 2.80. The summed E-state index contributed by atoms with van der Waals surface area (Å²) in [7, 11) is -1.86. The second-order valence-corrected chi connectivity index (χ2v) is 7.49. The number of carbonyl (C=O) groups is 1. The molecule has 1 aromatic rings. The van der Waals surface area contributed by atoms with Crippen molar-refractivity contribution in [1.29, 1.82) is 5.26 Å². The van der Waals surface area contributed by atoms with Crippen molar-refractivity contribution in [2.45, 2.75) is 30.7 Å². The predicted octanol–water partition coefficient (Wildman–Crippen LogP) is 0.153. The van der Waals surface area contributed by atoms with Gasteiger partial charge in [0.15, 0.2) is 0 Å². The van der Waals surface area contributed by atoms with E-state index >= 15 is 0 Å². The Balaban J connectivity index is 1.93. The molecule has 2 rings (SSSR count). The highest BCUT2D eigenvalue weighted by molar-refractivity contribution is 7.89. The minimum absolute atomic E-state index is 0.0764. The van der Waals surface area contributed by atoms with Crippen LogP contribution in [0.15, 0.2) is 23.2 Å². The van der Waals surface area contributed by atoms with E-state index in [0.29, 0.717) is 25.3 Å². The van der Waals surface area contributed by atoms with Gasteiger partial charge in [-0.25, -0.2) is 23.1 Å². The van der Waals surface area contributed by atoms with E-state index in [9.17, 15) is 13.2 Å². The fourth-order valence-corrected chi connectivity index (χ4v) is 3.59. The fourth-order valence-electron chi connectivity index (χ4n) is 2.61. The molecular weight excluding hydrogens is 344 g/mol. The highest BCUT2D eigenvalue weighted by atomic mass is 32.2. The number of nitriles is 1. The average Bonchev–Trinajstić information content (AvgIpc) is 3.04. The van der Waals surface area contributed by atoms with Crippen LogP contribution in [0.4, 0.5) is 5.82 Å². The van der Waals surface area contributed by atoms with Crippen LogP contribution >= 0.6 is 0 Å². The van der Waals surface area contributed by atoms with Crippen molar-refractivity contribution < 1.29 is 13.2 Å². The Hall–Kier alpha value is -2.22. The molecule has 1 atom stereocenters. The quantitative estimate of drug-likeness (QED) is 0.660. The standard InChI is InChI=1S/C15H22N6O3S/c1-3-18-25(23,24)13-6-7-14(17-10-13)19-20(2)11-15(22)21-8-4-5-12(21)9-16/h6-7,10,12,18H,3-5,8,11H2,1-2H3,(H,17,19)/t12-/m0/s1. The number of hydrogen-bond donors (Lipinski definition) is 2. The molecule has 2 heterocycles. The number of aromatic nitrogens is 1. The van der Waals surface area contributed by atoms with Crippen molar-refractivity contribution in [3.8, 4) is 6.07 Å². The molecule has 1 aliphatic rings. The maximum absolute atomic E-state index is 12.3. The third-order valence-electron chi connectivity index (χ3n) is 3.78. The third kappa shape index (κ3) is 4.88. The van der Waals surface area contributed by atoms with Gasteiger partial charge in [-0.15, -0.1) is 0 Å². The van der Waals surface area contributed by atoms with Crippen LogP contribution in [0.2, 0.25) is 0 Å². The largest absolute Gasteiger partial charge is 0.325 e. The molecule has 1 amide bonds. The normalized spacial score (nSPS) is 17.5. The molecule has 1 aromatic heterocycles. The third-order valence-corrected chi connectivity index (χ3v) is 5.31. The summed E-state index contributed by atoms with van der Waals surface area (Å²) in [5.74, 6) is 0.286. The first-order chi connectivity index (χ1) is 11.9. The van der Waals surface area contributed by atoms with Crippen LogP contribution < -0.4 is 10.1 Å². The first-order valence-electron chi connectivity index (χ1n) is 8.00. The first-order valence-corrected chi connectivity index (χ1v) is 9.48. The lowest BCUT2D eigenvalue weighted by Crippen LogP contribution is -2.42. The van der Waals surface area contributed by atoms with Crippen molar-refractivity contribution in [1.82, 2.24) is 19.6 Å². The van der Waals surface area contributed by atoms with E-state index in [2.05, 4.69) is 21.2 Å². The van der Waals surface area contributed by atoms with Gasteiger partial charge in [0.25, 0.3) is 0 Å². The molecule has 136 valence electrons. The van der Waals surface area contributed by atoms with Crippen LogP contribution in [0.25, 0.3) is 0 Å². The van der Waals surface area contributed by atoms with Crippen LogP contribution in [0.3, 0.4) is 0 Å². The number of anilines is 1. The molecule has 9 nitrogen and oxygen atoms in total. The lowest BCUT2D eigenvalue weighted by Gasteiger charge is -2.24. The van der Waals surface area contributed by atoms with E-state index in [4.69, 9.17) is 5.26 Å². The lowest BCUT2D eigenvalue weighted by atomic mass is 10.2. The molecule has 2 N–H and O–H groups in total. The summed E-state index contributed by atoms with van der Waals surface area (Å²) < 4.78 is 26.1. The molecule has 1 fully saturated rings. The molecule has 0 spiro atoms. The van der Waals surface area contributed by atoms with Crippen LogP contribution in [-0.4, -0.2) is 61.9 Å². The first kappa shape index (κ1) is 19.1. The Morgan fingerprint density at radius 1 is 1.52 bits per heavy atom. The van der Waals surface area contributed by atoms with E-state index in [1.54, 1.807) is 23.9 Å². The van der Waals surface area contributed by atoms with Crippen molar-refractivity contribution >= 4 is 21.7 Å². The van der Waals surface area contributed by atoms with Crippen molar-refractivity contribution in [2.75, 3.05) is 32.1 Å². The van der Waals surface area contributed by atoms with Gasteiger partial charge in [0.05, 0.1) is 12.6 Å². The van der Waals surface area contributed by atoms with Gasteiger partial charge in [0, 0.05) is 26.3 Å². The van der Waals surface area contributed by atoms with Gasteiger partial charge in [-0.3, -0.25) is 4.79 Å². The van der Waals surface area contributed by atoms with Crippen molar-refractivity contribution in [3.05, 3.63) is 18.3 Å². The number of sulfonamides is 1. The average molecular weight is 366 g/mol. The fraction of sp³-hybridized carbons (Fsp3) is 0.533. The van der Waals surface area contributed by atoms with Gasteiger partial charge in [-0.05, 0) is 25.0 Å². The minimum Gasteiger partial charge on any atom is -0.325 e. The maximum Gasteiger partial charge on any atom is 0.242 e. The zero-order chi connectivity index (χ0) is 18.4. The summed E-state index contributed by atoms with van der Waals surface area (Å²) in [4.78, 5) is 18.0. The Morgan fingerprint density at radius 2 is 2.28 bits per heavy atom. The molecule has 1 saturated heterocycles. The SMILES string of the molecule is CCNS(=O)(=O)c1ccc(NN(C)CC(=O)N2CCC[C@H]2C#N)nc1. The zero-order valence-corrected chi connectivity index (χ0v) is 15.1. The van der Waals surface area contributed by atoms with E-state index in [1.807, 2.05) is 0 Å². The highest BCUT2D eigenvalue weighted by Gasteiger charge is 2.28. The summed E-state index contributed by atoms with van der Waals surface area (Å²) in [5, 5.41) is 10.6. The number of likely N-dealkylation sites (N-methyl/N-ethyl adjacent to an activating group) is 1. The second kappa shape index (κ2) is 8.24. The molecule has 0 aliphatic carbocycles. The number of nitrogens with zero attached hydrogens (tertiary/aromatic N) is 4. The number of likely N-dealkylation sites (tertiary alicyclic amines) is 1. The second-order valence-electron chi connectivity index (χ2n) is 5.72. The monoisotopic (exact) mass is 366 g/mol. The van der Waals surface area contributed by atoms with Crippen molar-refractivity contribution in [3.63, 3.8) is 0 Å². The number of rotatable bonds is 7. The van der Waals surface area contributed by atoms with Crippen LogP contribution in [0.1, 0.15) is 19.8 Å². The smallest absolute Gasteiger partial charge is 0.242 e. The molecule has 25 heavy (non-hydrogen) atoms. The predicted molar refractivity (Wildman–Crippen MR) is 91.7 cm³/mol. The number of hydrazine groups is 1. The summed E-state index contributed by atoms with van der Waals surface area (Å²) >= 11 is 0. The molecule has 1 aliphatic heterocycles.